The summed E-state index contributed by atoms with van der Waals surface area (Å²) in [5.41, 5.74) is 5.94. The van der Waals surface area contributed by atoms with Crippen LogP contribution in [-0.4, -0.2) is 31.3 Å². The Bertz CT molecular complexity index is 626. The summed E-state index contributed by atoms with van der Waals surface area (Å²) in [6, 6.07) is 1.91. The van der Waals surface area contributed by atoms with Crippen molar-refractivity contribution in [3.8, 4) is 0 Å². The van der Waals surface area contributed by atoms with E-state index in [0.717, 1.165) is 0 Å². The van der Waals surface area contributed by atoms with Gasteiger partial charge in [-0.05, 0) is 18.6 Å². The Morgan fingerprint density at radius 1 is 1.40 bits per heavy atom. The predicted octanol–water partition coefficient (Wildman–Crippen LogP) is -1.38. The van der Waals surface area contributed by atoms with Gasteiger partial charge in [0.05, 0.1) is 5.69 Å². The number of hydrogen-bond donors (Lipinski definition) is 3. The van der Waals surface area contributed by atoms with Crippen molar-refractivity contribution in [1.29, 1.82) is 0 Å². The molecule has 0 radical (unpaired) electrons. The largest absolute Gasteiger partial charge is 0.325 e. The van der Waals surface area contributed by atoms with E-state index in [4.69, 9.17) is 5.73 Å². The summed E-state index contributed by atoms with van der Waals surface area (Å²) in [4.78, 5) is 26.3. The molecule has 8 nitrogen and oxygen atoms in total. The zero-order chi connectivity index (χ0) is 14.8. The van der Waals surface area contributed by atoms with Gasteiger partial charge in [0, 0.05) is 19.2 Å². The van der Waals surface area contributed by atoms with Gasteiger partial charge in [0.15, 0.2) is 0 Å². The summed E-state index contributed by atoms with van der Waals surface area (Å²) in [6.45, 7) is 0.209. The Morgan fingerprint density at radius 2 is 2.15 bits per heavy atom. The predicted molar refractivity (Wildman–Crippen MR) is 68.6 cm³/mol. The van der Waals surface area contributed by atoms with Crippen LogP contribution >= 0.6 is 0 Å². The first-order chi connectivity index (χ1) is 9.42. The second-order valence-electron chi connectivity index (χ2n) is 4.31. The normalized spacial score (nSPS) is 19.8. The average molecular weight is 298 g/mol. The summed E-state index contributed by atoms with van der Waals surface area (Å²) < 4.78 is 26.4. The third-order valence-electron chi connectivity index (χ3n) is 2.85. The first-order valence-electron chi connectivity index (χ1n) is 5.93. The third-order valence-corrected chi connectivity index (χ3v) is 4.31. The number of hydrogen-bond acceptors (Lipinski definition) is 6. The summed E-state index contributed by atoms with van der Waals surface area (Å²) in [5, 5.41) is 2.08. The Labute approximate surface area is 115 Å². The van der Waals surface area contributed by atoms with E-state index < -0.39 is 27.9 Å². The minimum atomic E-state index is -3.86. The van der Waals surface area contributed by atoms with Gasteiger partial charge in [-0.3, -0.25) is 19.9 Å². The Kier molecular flexibility index (Phi) is 4.12. The van der Waals surface area contributed by atoms with Gasteiger partial charge in [0.1, 0.15) is 10.9 Å². The lowest BCUT2D eigenvalue weighted by atomic mass is 10.1. The molecule has 0 aliphatic carbocycles. The van der Waals surface area contributed by atoms with Gasteiger partial charge < -0.3 is 5.73 Å². The van der Waals surface area contributed by atoms with Crippen molar-refractivity contribution in [2.24, 2.45) is 5.73 Å². The number of carbonyl (C=O) groups excluding carboxylic acids is 2. The number of carbonyl (C=O) groups is 2. The summed E-state index contributed by atoms with van der Waals surface area (Å²) >= 11 is 0. The molecule has 1 aromatic heterocycles. The van der Waals surface area contributed by atoms with E-state index >= 15 is 0 Å². The molecule has 2 heterocycles. The van der Waals surface area contributed by atoms with E-state index in [1.54, 1.807) is 0 Å². The van der Waals surface area contributed by atoms with E-state index in [9.17, 15) is 18.0 Å². The summed E-state index contributed by atoms with van der Waals surface area (Å²) in [5.74, 6) is -1.05. The van der Waals surface area contributed by atoms with Crippen molar-refractivity contribution in [2.75, 3.05) is 0 Å². The van der Waals surface area contributed by atoms with Crippen LogP contribution in [0.15, 0.2) is 23.2 Å². The Balaban J connectivity index is 2.14. The van der Waals surface area contributed by atoms with Crippen LogP contribution in [0.4, 0.5) is 0 Å². The monoisotopic (exact) mass is 298 g/mol. The Hall–Kier alpha value is -1.84. The minimum Gasteiger partial charge on any atom is -0.325 e. The van der Waals surface area contributed by atoms with E-state index in [1.165, 1.54) is 18.3 Å². The standard InChI is InChI=1S/C11H14N4O4S/c12-5-7-1-2-8(6-13-7)20(18,19)15-9-3-4-10(16)14-11(9)17/h1-2,6,9,15H,3-5,12H2,(H,14,16,17). The number of sulfonamides is 1. The molecule has 1 fully saturated rings. The lowest BCUT2D eigenvalue weighted by Gasteiger charge is -2.21. The van der Waals surface area contributed by atoms with Crippen molar-refractivity contribution in [1.82, 2.24) is 15.0 Å². The van der Waals surface area contributed by atoms with Crippen LogP contribution in [0.2, 0.25) is 0 Å². The van der Waals surface area contributed by atoms with E-state index in [2.05, 4.69) is 15.0 Å². The molecule has 108 valence electrons. The maximum Gasteiger partial charge on any atom is 0.244 e. The molecule has 1 unspecified atom stereocenters. The molecule has 1 atom stereocenters. The van der Waals surface area contributed by atoms with Gasteiger partial charge >= 0.3 is 0 Å². The van der Waals surface area contributed by atoms with E-state index in [0.29, 0.717) is 5.69 Å². The fraction of sp³-hybridized carbons (Fsp3) is 0.364. The van der Waals surface area contributed by atoms with Crippen LogP contribution in [-0.2, 0) is 26.2 Å². The molecule has 2 rings (SSSR count). The zero-order valence-corrected chi connectivity index (χ0v) is 11.3. The summed E-state index contributed by atoms with van der Waals surface area (Å²) in [7, 11) is -3.86. The second kappa shape index (κ2) is 5.65. The van der Waals surface area contributed by atoms with Crippen LogP contribution in [0.5, 0.6) is 0 Å². The number of rotatable bonds is 4. The maximum absolute atomic E-state index is 12.1. The van der Waals surface area contributed by atoms with Gasteiger partial charge in [-0.15, -0.1) is 0 Å². The number of imide groups is 1. The summed E-state index contributed by atoms with van der Waals surface area (Å²) in [6.07, 6.45) is 1.41. The van der Waals surface area contributed by atoms with E-state index in [-0.39, 0.29) is 24.3 Å². The smallest absolute Gasteiger partial charge is 0.244 e. The first kappa shape index (κ1) is 14.6. The maximum atomic E-state index is 12.1. The number of amides is 2. The molecule has 2 amide bonds. The van der Waals surface area contributed by atoms with Crippen molar-refractivity contribution in [3.63, 3.8) is 0 Å². The van der Waals surface area contributed by atoms with Crippen LogP contribution in [0, 0.1) is 0 Å². The number of nitrogens with two attached hydrogens (primary N) is 1. The molecule has 0 bridgehead atoms. The van der Waals surface area contributed by atoms with Gasteiger partial charge in [0.2, 0.25) is 21.8 Å². The quantitative estimate of drug-likeness (QED) is 0.587. The fourth-order valence-corrected chi connectivity index (χ4v) is 2.93. The number of pyridine rings is 1. The van der Waals surface area contributed by atoms with Gasteiger partial charge in [-0.1, -0.05) is 0 Å². The molecule has 1 saturated heterocycles. The molecular formula is C11H14N4O4S. The fourth-order valence-electron chi connectivity index (χ4n) is 1.75. The zero-order valence-electron chi connectivity index (χ0n) is 10.5. The van der Waals surface area contributed by atoms with Crippen LogP contribution in [0.1, 0.15) is 18.5 Å². The van der Waals surface area contributed by atoms with Crippen molar-refractivity contribution in [3.05, 3.63) is 24.0 Å². The highest BCUT2D eigenvalue weighted by Crippen LogP contribution is 2.12. The van der Waals surface area contributed by atoms with Crippen LogP contribution in [0.25, 0.3) is 0 Å². The van der Waals surface area contributed by atoms with E-state index in [1.807, 2.05) is 0 Å². The molecule has 1 aromatic rings. The van der Waals surface area contributed by atoms with Crippen molar-refractivity contribution < 1.29 is 18.0 Å². The Morgan fingerprint density at radius 3 is 2.70 bits per heavy atom. The number of nitrogens with zero attached hydrogens (tertiary/aromatic N) is 1. The lowest BCUT2D eigenvalue weighted by molar-refractivity contribution is -0.134. The topological polar surface area (TPSA) is 131 Å². The molecule has 0 aromatic carbocycles. The molecule has 0 saturated carbocycles. The lowest BCUT2D eigenvalue weighted by Crippen LogP contribution is -2.52. The number of aromatic nitrogens is 1. The molecular weight excluding hydrogens is 284 g/mol. The van der Waals surface area contributed by atoms with Gasteiger partial charge in [-0.25, -0.2) is 8.42 Å². The molecule has 9 heteroatoms. The minimum absolute atomic E-state index is 0.0561. The second-order valence-corrected chi connectivity index (χ2v) is 6.03. The highest BCUT2D eigenvalue weighted by atomic mass is 32.2. The average Bonchev–Trinajstić information content (AvgIpc) is 2.42. The van der Waals surface area contributed by atoms with Gasteiger partial charge in [-0.2, -0.15) is 4.72 Å². The SMILES string of the molecule is NCc1ccc(S(=O)(=O)NC2CCC(=O)NC2=O)cn1. The number of piperidine rings is 1. The molecule has 20 heavy (non-hydrogen) atoms. The van der Waals surface area contributed by atoms with Crippen molar-refractivity contribution >= 4 is 21.8 Å². The van der Waals surface area contributed by atoms with Crippen LogP contribution < -0.4 is 15.8 Å². The third kappa shape index (κ3) is 3.18. The highest BCUT2D eigenvalue weighted by Gasteiger charge is 2.30. The molecule has 1 aliphatic rings. The van der Waals surface area contributed by atoms with Gasteiger partial charge in [0.25, 0.3) is 0 Å². The van der Waals surface area contributed by atoms with Crippen molar-refractivity contribution in [2.45, 2.75) is 30.3 Å². The molecule has 1 aliphatic heterocycles. The first-order valence-corrected chi connectivity index (χ1v) is 7.42. The molecule has 4 N–H and O–H groups in total. The van der Waals surface area contributed by atoms with Crippen LogP contribution in [0.3, 0.4) is 0 Å². The highest BCUT2D eigenvalue weighted by molar-refractivity contribution is 7.89. The number of nitrogens with one attached hydrogen (secondary N) is 2. The molecule has 0 spiro atoms.